The van der Waals surface area contributed by atoms with E-state index in [4.69, 9.17) is 15.2 Å². The van der Waals surface area contributed by atoms with Gasteiger partial charge in [0.1, 0.15) is 0 Å². The molecule has 0 unspecified atom stereocenters. The van der Waals surface area contributed by atoms with Gasteiger partial charge in [-0.25, -0.2) is 0 Å². The first kappa shape index (κ1) is 15.2. The van der Waals surface area contributed by atoms with Gasteiger partial charge in [-0.1, -0.05) is 19.4 Å². The zero-order valence-corrected chi connectivity index (χ0v) is 12.7. The first-order valence-corrected chi connectivity index (χ1v) is 7.80. The Hall–Kier alpha value is -1.22. The number of hydrogen-bond donors (Lipinski definition) is 1. The van der Waals surface area contributed by atoms with Crippen LogP contribution >= 0.6 is 0 Å². The lowest BCUT2D eigenvalue weighted by molar-refractivity contribution is 0.126. The van der Waals surface area contributed by atoms with E-state index < -0.39 is 0 Å². The Morgan fingerprint density at radius 1 is 1.15 bits per heavy atom. The van der Waals surface area contributed by atoms with Crippen LogP contribution in [0, 0.1) is 5.92 Å². The fourth-order valence-corrected chi connectivity index (χ4v) is 2.97. The van der Waals surface area contributed by atoms with Crippen LogP contribution in [0.25, 0.3) is 0 Å². The molecule has 1 aliphatic carbocycles. The Balaban J connectivity index is 1.98. The molecular formula is C17H27NO2. The lowest BCUT2D eigenvalue weighted by Crippen LogP contribution is -2.24. The normalized spacial score (nSPS) is 22.6. The average Bonchev–Trinajstić information content (AvgIpc) is 2.50. The van der Waals surface area contributed by atoms with Crippen molar-refractivity contribution < 1.29 is 9.47 Å². The Kier molecular flexibility index (Phi) is 5.72. The highest BCUT2D eigenvalue weighted by Gasteiger charge is 2.22. The highest BCUT2D eigenvalue weighted by molar-refractivity contribution is 5.43. The first-order valence-electron chi connectivity index (χ1n) is 7.80. The van der Waals surface area contributed by atoms with Gasteiger partial charge in [0.25, 0.3) is 0 Å². The molecule has 0 amide bonds. The molecular weight excluding hydrogens is 250 g/mol. The van der Waals surface area contributed by atoms with Gasteiger partial charge in [0.2, 0.25) is 0 Å². The number of nitrogens with two attached hydrogens (primary N) is 1. The number of ether oxygens (including phenoxy) is 2. The molecule has 2 rings (SSSR count). The van der Waals surface area contributed by atoms with Gasteiger partial charge in [-0.15, -0.1) is 0 Å². The number of rotatable bonds is 6. The topological polar surface area (TPSA) is 44.5 Å². The Morgan fingerprint density at radius 3 is 2.50 bits per heavy atom. The Bertz CT molecular complexity index is 411. The van der Waals surface area contributed by atoms with Crippen LogP contribution in [0.5, 0.6) is 11.5 Å². The number of methoxy groups -OCH3 is 1. The third kappa shape index (κ3) is 3.89. The van der Waals surface area contributed by atoms with E-state index in [1.807, 2.05) is 12.1 Å². The monoisotopic (exact) mass is 277 g/mol. The highest BCUT2D eigenvalue weighted by atomic mass is 16.5. The number of benzene rings is 1. The molecule has 0 spiro atoms. The zero-order valence-electron chi connectivity index (χ0n) is 12.7. The smallest absolute Gasteiger partial charge is 0.161 e. The quantitative estimate of drug-likeness (QED) is 0.865. The van der Waals surface area contributed by atoms with Crippen molar-refractivity contribution in [2.45, 2.75) is 51.6 Å². The molecule has 0 saturated heterocycles. The third-order valence-electron chi connectivity index (χ3n) is 4.33. The fraction of sp³-hybridized carbons (Fsp3) is 0.647. The van der Waals surface area contributed by atoms with Crippen molar-refractivity contribution in [2.24, 2.45) is 11.7 Å². The van der Waals surface area contributed by atoms with Crippen LogP contribution in [0.2, 0.25) is 0 Å². The summed E-state index contributed by atoms with van der Waals surface area (Å²) >= 11 is 0. The molecule has 1 aliphatic rings. The van der Waals surface area contributed by atoms with Crippen LogP contribution < -0.4 is 15.2 Å². The standard InChI is InChI=1S/C17H27NO2/c1-3-13-4-7-15(8-5-13)20-16-9-6-14(10-11-18)12-17(16)19-2/h6,9,12-13,15H,3-5,7-8,10-11,18H2,1-2H3. The highest BCUT2D eigenvalue weighted by Crippen LogP contribution is 2.34. The van der Waals surface area contributed by atoms with Gasteiger partial charge in [0, 0.05) is 0 Å². The number of hydrogen-bond acceptors (Lipinski definition) is 3. The summed E-state index contributed by atoms with van der Waals surface area (Å²) in [6, 6.07) is 6.15. The largest absolute Gasteiger partial charge is 0.493 e. The maximum absolute atomic E-state index is 6.15. The summed E-state index contributed by atoms with van der Waals surface area (Å²) in [5, 5.41) is 0. The van der Waals surface area contributed by atoms with Crippen molar-refractivity contribution in [3.63, 3.8) is 0 Å². The van der Waals surface area contributed by atoms with Gasteiger partial charge in [0.15, 0.2) is 11.5 Å². The predicted molar refractivity (Wildman–Crippen MR) is 82.4 cm³/mol. The van der Waals surface area contributed by atoms with E-state index in [-0.39, 0.29) is 0 Å². The van der Waals surface area contributed by atoms with Crippen molar-refractivity contribution in [3.8, 4) is 11.5 Å². The molecule has 20 heavy (non-hydrogen) atoms. The maximum Gasteiger partial charge on any atom is 0.161 e. The minimum Gasteiger partial charge on any atom is -0.493 e. The Morgan fingerprint density at radius 2 is 1.90 bits per heavy atom. The lowest BCUT2D eigenvalue weighted by Gasteiger charge is -2.28. The Labute approximate surface area is 122 Å². The molecule has 2 N–H and O–H groups in total. The van der Waals surface area contributed by atoms with Crippen molar-refractivity contribution in [1.29, 1.82) is 0 Å². The van der Waals surface area contributed by atoms with E-state index in [9.17, 15) is 0 Å². The van der Waals surface area contributed by atoms with E-state index in [2.05, 4.69) is 13.0 Å². The van der Waals surface area contributed by atoms with Gasteiger partial charge in [0.05, 0.1) is 13.2 Å². The molecule has 1 aromatic rings. The molecule has 0 aromatic heterocycles. The van der Waals surface area contributed by atoms with E-state index in [1.54, 1.807) is 7.11 Å². The van der Waals surface area contributed by atoms with Crippen LogP contribution in [-0.4, -0.2) is 19.8 Å². The van der Waals surface area contributed by atoms with Crippen LogP contribution in [-0.2, 0) is 6.42 Å². The van der Waals surface area contributed by atoms with Gasteiger partial charge >= 0.3 is 0 Å². The van der Waals surface area contributed by atoms with E-state index >= 15 is 0 Å². The average molecular weight is 277 g/mol. The van der Waals surface area contributed by atoms with Crippen LogP contribution in [0.3, 0.4) is 0 Å². The van der Waals surface area contributed by atoms with E-state index in [0.717, 1.165) is 36.7 Å². The van der Waals surface area contributed by atoms with Crippen LogP contribution in [0.15, 0.2) is 18.2 Å². The summed E-state index contributed by atoms with van der Waals surface area (Å²) in [5.74, 6) is 2.59. The van der Waals surface area contributed by atoms with Crippen molar-refractivity contribution in [3.05, 3.63) is 23.8 Å². The summed E-state index contributed by atoms with van der Waals surface area (Å²) in [6.07, 6.45) is 7.40. The summed E-state index contributed by atoms with van der Waals surface area (Å²) < 4.78 is 11.6. The van der Waals surface area contributed by atoms with Gasteiger partial charge in [-0.3, -0.25) is 0 Å². The summed E-state index contributed by atoms with van der Waals surface area (Å²) in [6.45, 7) is 2.94. The molecule has 1 aromatic carbocycles. The van der Waals surface area contributed by atoms with E-state index in [0.29, 0.717) is 12.6 Å². The van der Waals surface area contributed by atoms with Gasteiger partial charge in [-0.2, -0.15) is 0 Å². The summed E-state index contributed by atoms with van der Waals surface area (Å²) in [7, 11) is 1.70. The van der Waals surface area contributed by atoms with Gasteiger partial charge < -0.3 is 15.2 Å². The van der Waals surface area contributed by atoms with Crippen LogP contribution in [0.4, 0.5) is 0 Å². The molecule has 3 nitrogen and oxygen atoms in total. The second-order valence-corrected chi connectivity index (χ2v) is 5.69. The van der Waals surface area contributed by atoms with Crippen molar-refractivity contribution >= 4 is 0 Å². The van der Waals surface area contributed by atoms with Gasteiger partial charge in [-0.05, 0) is 62.3 Å². The molecule has 1 saturated carbocycles. The minimum absolute atomic E-state index is 0.340. The lowest BCUT2D eigenvalue weighted by atomic mass is 9.86. The fourth-order valence-electron chi connectivity index (χ4n) is 2.97. The molecule has 1 fully saturated rings. The summed E-state index contributed by atoms with van der Waals surface area (Å²) in [5.41, 5.74) is 6.79. The second-order valence-electron chi connectivity index (χ2n) is 5.69. The maximum atomic E-state index is 6.15. The van der Waals surface area contributed by atoms with Crippen molar-refractivity contribution in [1.82, 2.24) is 0 Å². The van der Waals surface area contributed by atoms with Crippen LogP contribution in [0.1, 0.15) is 44.6 Å². The third-order valence-corrected chi connectivity index (χ3v) is 4.33. The second kappa shape index (κ2) is 7.53. The first-order chi connectivity index (χ1) is 9.76. The van der Waals surface area contributed by atoms with Crippen molar-refractivity contribution in [2.75, 3.05) is 13.7 Å². The predicted octanol–water partition coefficient (Wildman–Crippen LogP) is 3.54. The zero-order chi connectivity index (χ0) is 14.4. The summed E-state index contributed by atoms with van der Waals surface area (Å²) in [4.78, 5) is 0. The molecule has 0 bridgehead atoms. The molecule has 3 heteroatoms. The molecule has 0 radical (unpaired) electrons. The SMILES string of the molecule is CCC1CCC(Oc2ccc(CCN)cc2OC)CC1. The molecule has 0 aliphatic heterocycles. The molecule has 0 atom stereocenters. The molecule has 112 valence electrons. The van der Waals surface area contributed by atoms with E-state index in [1.165, 1.54) is 24.8 Å². The molecule has 0 heterocycles. The minimum atomic E-state index is 0.340.